The predicted molar refractivity (Wildman–Crippen MR) is 160 cm³/mol. The van der Waals surface area contributed by atoms with Crippen LogP contribution in [0.3, 0.4) is 0 Å². The Balaban J connectivity index is 0.000000591. The zero-order chi connectivity index (χ0) is 33.1. The highest BCUT2D eigenvalue weighted by atomic mass is 19.4. The number of anilines is 2. The first-order valence-electron chi connectivity index (χ1n) is 13.0. The summed E-state index contributed by atoms with van der Waals surface area (Å²) in [6.07, 6.45) is -0.291. The predicted octanol–water partition coefficient (Wildman–Crippen LogP) is 3.96. The smallest absolute Gasteiger partial charge is 0.475 e. The lowest BCUT2D eigenvalue weighted by Crippen LogP contribution is -2.31. The molecule has 0 spiro atoms. The molecule has 45 heavy (non-hydrogen) atoms. The second-order valence-electron chi connectivity index (χ2n) is 9.80. The van der Waals surface area contributed by atoms with Crippen LogP contribution >= 0.6 is 0 Å². The van der Waals surface area contributed by atoms with E-state index in [1.807, 2.05) is 36.0 Å². The van der Waals surface area contributed by atoms with E-state index >= 15 is 0 Å². The largest absolute Gasteiger partial charge is 0.490 e. The number of nitrogens with two attached hydrogens (primary N) is 1. The van der Waals surface area contributed by atoms with Crippen molar-refractivity contribution in [3.63, 3.8) is 0 Å². The standard InChI is InChI=1S/C28H25N7O3.C2HF3O2/c1-33(2)27(37)18-13-21(28(38)35(14-18)20-7-5-4-6-8-20)26(36)32-19-11-9-17(10-12-19)22-15-34(3)25-23(22)24(29)30-16-31-25;3-2(4,5)1(6)7/h4-16H,1-3H3,(H,32,36)(H2,29,30,31);(H,6,7). The van der Waals surface area contributed by atoms with Crippen LogP contribution in [0.1, 0.15) is 20.7 Å². The number of carbonyl (C=O) groups is 3. The number of pyridine rings is 1. The number of fused-ring (bicyclic) bond motifs is 1. The van der Waals surface area contributed by atoms with E-state index in [4.69, 9.17) is 15.6 Å². The van der Waals surface area contributed by atoms with Gasteiger partial charge in [0, 0.05) is 50.5 Å². The van der Waals surface area contributed by atoms with Crippen molar-refractivity contribution in [3.8, 4) is 16.8 Å². The van der Waals surface area contributed by atoms with E-state index in [9.17, 15) is 27.6 Å². The van der Waals surface area contributed by atoms with Gasteiger partial charge in [-0.05, 0) is 35.9 Å². The van der Waals surface area contributed by atoms with Gasteiger partial charge in [0.05, 0.1) is 10.9 Å². The maximum absolute atomic E-state index is 13.3. The first kappa shape index (κ1) is 31.9. The number of aryl methyl sites for hydroxylation is 1. The van der Waals surface area contributed by atoms with E-state index in [0.29, 0.717) is 22.8 Å². The number of benzene rings is 2. The van der Waals surface area contributed by atoms with Crippen molar-refractivity contribution in [2.75, 3.05) is 25.1 Å². The van der Waals surface area contributed by atoms with E-state index in [0.717, 1.165) is 16.5 Å². The Labute approximate surface area is 253 Å². The maximum Gasteiger partial charge on any atom is 0.490 e. The van der Waals surface area contributed by atoms with Crippen molar-refractivity contribution in [1.29, 1.82) is 0 Å². The van der Waals surface area contributed by atoms with Gasteiger partial charge in [-0.1, -0.05) is 30.3 Å². The molecule has 0 aliphatic carbocycles. The van der Waals surface area contributed by atoms with Gasteiger partial charge in [-0.25, -0.2) is 14.8 Å². The lowest BCUT2D eigenvalue weighted by molar-refractivity contribution is -0.192. The first-order chi connectivity index (χ1) is 21.2. The van der Waals surface area contributed by atoms with Crippen LogP contribution in [0.25, 0.3) is 27.8 Å². The number of halogens is 3. The van der Waals surface area contributed by atoms with Crippen LogP contribution in [-0.2, 0) is 11.8 Å². The van der Waals surface area contributed by atoms with E-state index in [1.165, 1.54) is 28.1 Å². The lowest BCUT2D eigenvalue weighted by atomic mass is 10.1. The molecule has 0 saturated heterocycles. The number of nitrogens with one attached hydrogen (secondary N) is 1. The molecule has 232 valence electrons. The summed E-state index contributed by atoms with van der Waals surface area (Å²) in [7, 11) is 5.10. The fourth-order valence-electron chi connectivity index (χ4n) is 4.29. The van der Waals surface area contributed by atoms with Gasteiger partial charge in [0.15, 0.2) is 0 Å². The Morgan fingerprint density at radius 1 is 0.978 bits per heavy atom. The van der Waals surface area contributed by atoms with Gasteiger partial charge in [-0.15, -0.1) is 0 Å². The number of hydrogen-bond donors (Lipinski definition) is 3. The molecule has 0 saturated carbocycles. The van der Waals surface area contributed by atoms with Crippen LogP contribution in [0.15, 0.2) is 84.2 Å². The number of nitrogen functional groups attached to an aromatic ring is 1. The molecule has 2 amide bonds. The Kier molecular flexibility index (Phi) is 9.02. The summed E-state index contributed by atoms with van der Waals surface area (Å²) >= 11 is 0. The molecule has 15 heteroatoms. The van der Waals surface area contributed by atoms with Crippen LogP contribution in [0.5, 0.6) is 0 Å². The number of carboxylic acids is 1. The fourth-order valence-corrected chi connectivity index (χ4v) is 4.29. The van der Waals surface area contributed by atoms with Crippen molar-refractivity contribution in [3.05, 3.63) is 101 Å². The van der Waals surface area contributed by atoms with Crippen molar-refractivity contribution in [1.82, 2.24) is 24.0 Å². The third-order valence-corrected chi connectivity index (χ3v) is 6.43. The van der Waals surface area contributed by atoms with Crippen LogP contribution in [0, 0.1) is 0 Å². The van der Waals surface area contributed by atoms with Crippen molar-refractivity contribution >= 4 is 40.3 Å². The summed E-state index contributed by atoms with van der Waals surface area (Å²) in [4.78, 5) is 58.0. The van der Waals surface area contributed by atoms with Crippen LogP contribution in [0.4, 0.5) is 24.7 Å². The number of nitrogens with zero attached hydrogens (tertiary/aromatic N) is 5. The summed E-state index contributed by atoms with van der Waals surface area (Å²) in [6.45, 7) is 0. The molecule has 0 aliphatic rings. The summed E-state index contributed by atoms with van der Waals surface area (Å²) < 4.78 is 34.9. The van der Waals surface area contributed by atoms with Gasteiger partial charge >= 0.3 is 12.1 Å². The minimum Gasteiger partial charge on any atom is -0.475 e. The average Bonchev–Trinajstić information content (AvgIpc) is 3.34. The van der Waals surface area contributed by atoms with Crippen molar-refractivity contribution in [2.24, 2.45) is 7.05 Å². The quantitative estimate of drug-likeness (QED) is 0.265. The van der Waals surface area contributed by atoms with E-state index < -0.39 is 23.6 Å². The van der Waals surface area contributed by atoms with Gasteiger partial charge in [0.2, 0.25) is 0 Å². The number of alkyl halides is 3. The number of aliphatic carboxylic acids is 1. The lowest BCUT2D eigenvalue weighted by Gasteiger charge is -2.15. The number of hydrogen-bond acceptors (Lipinski definition) is 7. The van der Waals surface area contributed by atoms with Gasteiger partial charge in [0.1, 0.15) is 23.4 Å². The number of rotatable bonds is 5. The summed E-state index contributed by atoms with van der Waals surface area (Å²) in [5.74, 6) is -3.33. The monoisotopic (exact) mass is 621 g/mol. The number of aromatic nitrogens is 4. The molecule has 0 atom stereocenters. The molecule has 3 aromatic heterocycles. The Hall–Kier alpha value is -5.99. The zero-order valence-corrected chi connectivity index (χ0v) is 24.0. The molecule has 0 unspecified atom stereocenters. The fraction of sp³-hybridized carbons (Fsp3) is 0.133. The highest BCUT2D eigenvalue weighted by molar-refractivity contribution is 6.06. The average molecular weight is 622 g/mol. The minimum atomic E-state index is -5.08. The summed E-state index contributed by atoms with van der Waals surface area (Å²) in [6, 6.07) is 17.3. The molecule has 0 bridgehead atoms. The van der Waals surface area contributed by atoms with Crippen molar-refractivity contribution < 1.29 is 32.7 Å². The van der Waals surface area contributed by atoms with Crippen LogP contribution in [0.2, 0.25) is 0 Å². The second-order valence-corrected chi connectivity index (χ2v) is 9.80. The molecule has 0 radical (unpaired) electrons. The molecule has 12 nitrogen and oxygen atoms in total. The molecular formula is C30H26F3N7O5. The summed E-state index contributed by atoms with van der Waals surface area (Å²) in [5.41, 5.74) is 9.11. The highest BCUT2D eigenvalue weighted by Crippen LogP contribution is 2.32. The normalized spacial score (nSPS) is 11.0. The van der Waals surface area contributed by atoms with Crippen LogP contribution < -0.4 is 16.6 Å². The maximum atomic E-state index is 13.3. The SMILES string of the molecule is CN(C)C(=O)c1cc(C(=O)Nc2ccc(-c3cn(C)c4ncnc(N)c34)cc2)c(=O)n(-c2ccccc2)c1.O=C(O)C(F)(F)F. The molecule has 3 heterocycles. The van der Waals surface area contributed by atoms with Gasteiger partial charge in [-0.2, -0.15) is 13.2 Å². The second kappa shape index (κ2) is 12.7. The number of para-hydroxylation sites is 1. The molecule has 5 rings (SSSR count). The van der Waals surface area contributed by atoms with E-state index in [-0.39, 0.29) is 17.0 Å². The van der Waals surface area contributed by atoms with Gasteiger partial charge < -0.3 is 25.6 Å². The summed E-state index contributed by atoms with van der Waals surface area (Å²) in [5, 5.41) is 10.6. The molecule has 2 aromatic carbocycles. The van der Waals surface area contributed by atoms with Crippen molar-refractivity contribution in [2.45, 2.75) is 6.18 Å². The molecule has 4 N–H and O–H groups in total. The number of carboxylic acid groups (broad SMARTS) is 1. The van der Waals surface area contributed by atoms with E-state index in [1.54, 1.807) is 50.5 Å². The third-order valence-electron chi connectivity index (χ3n) is 6.43. The minimum absolute atomic E-state index is 0.149. The van der Waals surface area contributed by atoms with E-state index in [2.05, 4.69) is 15.3 Å². The van der Waals surface area contributed by atoms with Gasteiger partial charge in [-0.3, -0.25) is 19.0 Å². The van der Waals surface area contributed by atoms with Gasteiger partial charge in [0.25, 0.3) is 17.4 Å². The Morgan fingerprint density at radius 3 is 2.18 bits per heavy atom. The third kappa shape index (κ3) is 6.98. The highest BCUT2D eigenvalue weighted by Gasteiger charge is 2.38. The number of carbonyl (C=O) groups excluding carboxylic acids is 2. The molecule has 0 fully saturated rings. The molecular weight excluding hydrogens is 595 g/mol. The zero-order valence-electron chi connectivity index (χ0n) is 24.0. The Morgan fingerprint density at radius 2 is 1.60 bits per heavy atom. The first-order valence-corrected chi connectivity index (χ1v) is 13.0. The number of amides is 2. The Bertz CT molecular complexity index is 1950. The topological polar surface area (TPSA) is 165 Å². The molecule has 0 aliphatic heterocycles. The van der Waals surface area contributed by atoms with Crippen LogP contribution in [-0.4, -0.2) is 67.2 Å². The molecule has 5 aromatic rings.